The normalized spacial score (nSPS) is 19.4. The predicted molar refractivity (Wildman–Crippen MR) is 86.9 cm³/mol. The lowest BCUT2D eigenvalue weighted by Crippen LogP contribution is -2.43. The van der Waals surface area contributed by atoms with Gasteiger partial charge >= 0.3 is 0 Å². The van der Waals surface area contributed by atoms with Crippen LogP contribution in [0.1, 0.15) is 6.42 Å². The number of aromatic nitrogens is 1. The molecule has 0 N–H and O–H groups in total. The second-order valence-electron chi connectivity index (χ2n) is 5.89. The van der Waals surface area contributed by atoms with Gasteiger partial charge in [0, 0.05) is 25.0 Å². The molecule has 1 saturated heterocycles. The number of ether oxygens (including phenoxy) is 1. The van der Waals surface area contributed by atoms with Crippen molar-refractivity contribution in [1.82, 2.24) is 9.88 Å². The Balaban J connectivity index is 1.72. The molecule has 2 aromatic rings. The van der Waals surface area contributed by atoms with Crippen LogP contribution < -0.4 is 4.90 Å². The molecule has 112 valence electrons. The van der Waals surface area contributed by atoms with Gasteiger partial charge in [-0.15, -0.1) is 0 Å². The van der Waals surface area contributed by atoms with E-state index in [2.05, 4.69) is 54.2 Å². The first-order valence-electron chi connectivity index (χ1n) is 7.59. The Morgan fingerprint density at radius 3 is 2.95 bits per heavy atom. The first-order chi connectivity index (χ1) is 10.2. The summed E-state index contributed by atoms with van der Waals surface area (Å²) in [6.07, 6.45) is 1.37. The zero-order valence-corrected chi connectivity index (χ0v) is 12.8. The number of fused-ring (bicyclic) bond motifs is 1. The molecule has 1 atom stereocenters. The molecule has 0 unspecified atom stereocenters. The van der Waals surface area contributed by atoms with Gasteiger partial charge in [-0.3, -0.25) is 0 Å². The number of pyridine rings is 1. The first-order valence-corrected chi connectivity index (χ1v) is 7.59. The highest BCUT2D eigenvalue weighted by molar-refractivity contribution is 5.80. The van der Waals surface area contributed by atoms with Gasteiger partial charge in [0.05, 0.1) is 18.2 Å². The maximum atomic E-state index is 5.87. The monoisotopic (exact) mass is 285 g/mol. The zero-order valence-electron chi connectivity index (χ0n) is 12.8. The lowest BCUT2D eigenvalue weighted by atomic mass is 10.2. The van der Waals surface area contributed by atoms with Crippen LogP contribution in [-0.2, 0) is 4.74 Å². The van der Waals surface area contributed by atoms with Crippen LogP contribution in [0.15, 0.2) is 36.4 Å². The average molecular weight is 285 g/mol. The third-order valence-electron chi connectivity index (χ3n) is 3.94. The Bertz CT molecular complexity index is 599. The summed E-state index contributed by atoms with van der Waals surface area (Å²) in [6, 6.07) is 12.5. The predicted octanol–water partition coefficient (Wildman–Crippen LogP) is 2.39. The molecule has 21 heavy (non-hydrogen) atoms. The van der Waals surface area contributed by atoms with Gasteiger partial charge in [0.15, 0.2) is 0 Å². The molecule has 1 aliphatic rings. The average Bonchev–Trinajstić information content (AvgIpc) is 2.53. The summed E-state index contributed by atoms with van der Waals surface area (Å²) in [5.41, 5.74) is 1.06. The number of rotatable bonds is 4. The molecular formula is C17H23N3O. The third kappa shape index (κ3) is 3.52. The molecule has 1 aromatic carbocycles. The molecule has 1 aliphatic heterocycles. The van der Waals surface area contributed by atoms with Crippen molar-refractivity contribution >= 4 is 16.7 Å². The van der Waals surface area contributed by atoms with Gasteiger partial charge in [0.1, 0.15) is 5.82 Å². The van der Waals surface area contributed by atoms with Crippen LogP contribution >= 0.6 is 0 Å². The van der Waals surface area contributed by atoms with Crippen molar-refractivity contribution in [1.29, 1.82) is 0 Å². The second-order valence-corrected chi connectivity index (χ2v) is 5.89. The van der Waals surface area contributed by atoms with Crippen LogP contribution in [0.4, 0.5) is 5.82 Å². The number of morpholine rings is 1. The number of benzene rings is 1. The molecule has 0 spiro atoms. The van der Waals surface area contributed by atoms with Crippen LogP contribution in [-0.4, -0.2) is 56.3 Å². The van der Waals surface area contributed by atoms with Gasteiger partial charge in [-0.25, -0.2) is 4.98 Å². The molecule has 0 bridgehead atoms. The highest BCUT2D eigenvalue weighted by atomic mass is 16.5. The van der Waals surface area contributed by atoms with Crippen molar-refractivity contribution < 1.29 is 4.74 Å². The lowest BCUT2D eigenvalue weighted by Gasteiger charge is -2.34. The Labute approximate surface area is 126 Å². The molecule has 1 aromatic heterocycles. The Kier molecular flexibility index (Phi) is 4.36. The van der Waals surface area contributed by atoms with Gasteiger partial charge in [0.25, 0.3) is 0 Å². The third-order valence-corrected chi connectivity index (χ3v) is 3.94. The quantitative estimate of drug-likeness (QED) is 0.862. The number of nitrogens with zero attached hydrogens (tertiary/aromatic N) is 3. The van der Waals surface area contributed by atoms with Crippen molar-refractivity contribution in [2.45, 2.75) is 12.5 Å². The molecule has 0 amide bonds. The standard InChI is InChI=1S/C17H23N3O/c1-19(2)10-9-15-13-20(11-12-21-15)17-8-7-14-5-3-4-6-16(14)18-17/h3-8,15H,9-13H2,1-2H3/t15-/m0/s1. The van der Waals surface area contributed by atoms with E-state index < -0.39 is 0 Å². The van der Waals surface area contributed by atoms with Crippen molar-refractivity contribution in [3.8, 4) is 0 Å². The van der Waals surface area contributed by atoms with Gasteiger partial charge in [-0.1, -0.05) is 18.2 Å². The van der Waals surface area contributed by atoms with Crippen molar-refractivity contribution in [3.63, 3.8) is 0 Å². The smallest absolute Gasteiger partial charge is 0.129 e. The van der Waals surface area contributed by atoms with Gasteiger partial charge < -0.3 is 14.5 Å². The Morgan fingerprint density at radius 1 is 1.24 bits per heavy atom. The summed E-state index contributed by atoms with van der Waals surface area (Å²) in [5, 5.41) is 1.19. The Hall–Kier alpha value is -1.65. The number of para-hydroxylation sites is 1. The number of hydrogen-bond donors (Lipinski definition) is 0. The molecule has 4 nitrogen and oxygen atoms in total. The summed E-state index contributed by atoms with van der Waals surface area (Å²) < 4.78 is 5.87. The molecule has 4 heteroatoms. The minimum atomic E-state index is 0.300. The van der Waals surface area contributed by atoms with E-state index >= 15 is 0 Å². The molecule has 0 saturated carbocycles. The molecule has 1 fully saturated rings. The van der Waals surface area contributed by atoms with E-state index in [1.165, 1.54) is 5.39 Å². The van der Waals surface area contributed by atoms with Gasteiger partial charge in [-0.05, 0) is 38.7 Å². The van der Waals surface area contributed by atoms with Crippen LogP contribution in [0.2, 0.25) is 0 Å². The maximum Gasteiger partial charge on any atom is 0.129 e. The van der Waals surface area contributed by atoms with Crippen molar-refractivity contribution in [3.05, 3.63) is 36.4 Å². The summed E-state index contributed by atoms with van der Waals surface area (Å²) in [6.45, 7) is 3.69. The van der Waals surface area contributed by atoms with Crippen molar-refractivity contribution in [2.75, 3.05) is 45.2 Å². The summed E-state index contributed by atoms with van der Waals surface area (Å²) in [5.74, 6) is 1.06. The van der Waals surface area contributed by atoms with Gasteiger partial charge in [-0.2, -0.15) is 0 Å². The molecule has 0 aliphatic carbocycles. The van der Waals surface area contributed by atoms with Crippen LogP contribution in [0.5, 0.6) is 0 Å². The molecule has 3 rings (SSSR count). The van der Waals surface area contributed by atoms with Crippen LogP contribution in [0.3, 0.4) is 0 Å². The van der Waals surface area contributed by atoms with Gasteiger partial charge in [0.2, 0.25) is 0 Å². The molecule has 0 radical (unpaired) electrons. The minimum absolute atomic E-state index is 0.300. The van der Waals surface area contributed by atoms with E-state index in [-0.39, 0.29) is 0 Å². The highest BCUT2D eigenvalue weighted by Gasteiger charge is 2.21. The number of hydrogen-bond acceptors (Lipinski definition) is 4. The van der Waals surface area contributed by atoms with E-state index in [0.29, 0.717) is 6.10 Å². The van der Waals surface area contributed by atoms with E-state index in [0.717, 1.165) is 44.0 Å². The zero-order chi connectivity index (χ0) is 14.7. The summed E-state index contributed by atoms with van der Waals surface area (Å²) in [4.78, 5) is 9.34. The first kappa shape index (κ1) is 14.3. The lowest BCUT2D eigenvalue weighted by molar-refractivity contribution is 0.0309. The fourth-order valence-corrected chi connectivity index (χ4v) is 2.74. The number of anilines is 1. The van der Waals surface area contributed by atoms with E-state index in [4.69, 9.17) is 9.72 Å². The SMILES string of the molecule is CN(C)CC[C@H]1CN(c2ccc3ccccc3n2)CCO1. The molecular weight excluding hydrogens is 262 g/mol. The fraction of sp³-hybridized carbons (Fsp3) is 0.471. The summed E-state index contributed by atoms with van der Waals surface area (Å²) in [7, 11) is 4.21. The van der Waals surface area contributed by atoms with E-state index in [9.17, 15) is 0 Å². The largest absolute Gasteiger partial charge is 0.374 e. The van der Waals surface area contributed by atoms with Crippen LogP contribution in [0.25, 0.3) is 10.9 Å². The maximum absolute atomic E-state index is 5.87. The van der Waals surface area contributed by atoms with Crippen LogP contribution in [0, 0.1) is 0 Å². The Morgan fingerprint density at radius 2 is 2.10 bits per heavy atom. The minimum Gasteiger partial charge on any atom is -0.374 e. The van der Waals surface area contributed by atoms with Crippen molar-refractivity contribution in [2.24, 2.45) is 0 Å². The topological polar surface area (TPSA) is 28.6 Å². The second kappa shape index (κ2) is 6.41. The molecule has 2 heterocycles. The fourth-order valence-electron chi connectivity index (χ4n) is 2.74. The highest BCUT2D eigenvalue weighted by Crippen LogP contribution is 2.20. The van der Waals surface area contributed by atoms with E-state index in [1.807, 2.05) is 6.07 Å². The van der Waals surface area contributed by atoms with E-state index in [1.54, 1.807) is 0 Å². The summed E-state index contributed by atoms with van der Waals surface area (Å²) >= 11 is 0.